The van der Waals surface area contributed by atoms with Gasteiger partial charge in [0.1, 0.15) is 5.75 Å². The van der Waals surface area contributed by atoms with Gasteiger partial charge in [0.2, 0.25) is 0 Å². The van der Waals surface area contributed by atoms with E-state index in [0.717, 1.165) is 5.69 Å². The molecule has 0 fully saturated rings. The van der Waals surface area contributed by atoms with Crippen molar-refractivity contribution in [3.05, 3.63) is 65.5 Å². The third kappa shape index (κ3) is 3.39. The highest BCUT2D eigenvalue weighted by atomic mass is 16.5. The standard InChI is InChI=1S/C18H16N4O4/c1-11-16(17(23)19-13-8-6-12(7-9-13)18(24)25)20-21-22(11)14-4-3-5-15(10-14)26-2/h3-10H,1-2H3,(H,19,23)(H,24,25). The smallest absolute Gasteiger partial charge is 0.335 e. The number of hydrogen-bond acceptors (Lipinski definition) is 5. The van der Waals surface area contributed by atoms with Crippen molar-refractivity contribution in [2.45, 2.75) is 6.92 Å². The molecule has 0 aliphatic carbocycles. The highest BCUT2D eigenvalue weighted by Crippen LogP contribution is 2.19. The first-order valence-electron chi connectivity index (χ1n) is 7.71. The summed E-state index contributed by atoms with van der Waals surface area (Å²) in [5.74, 6) is -0.790. The van der Waals surface area contributed by atoms with E-state index >= 15 is 0 Å². The molecule has 0 atom stereocenters. The van der Waals surface area contributed by atoms with E-state index in [4.69, 9.17) is 9.84 Å². The number of aromatic carboxylic acids is 1. The molecule has 132 valence electrons. The van der Waals surface area contributed by atoms with E-state index in [1.807, 2.05) is 18.2 Å². The Balaban J connectivity index is 1.82. The van der Waals surface area contributed by atoms with Crippen LogP contribution in [0.2, 0.25) is 0 Å². The topological polar surface area (TPSA) is 106 Å². The van der Waals surface area contributed by atoms with Crippen molar-refractivity contribution in [3.63, 3.8) is 0 Å². The van der Waals surface area contributed by atoms with E-state index in [1.165, 1.54) is 24.3 Å². The van der Waals surface area contributed by atoms with Crippen molar-refractivity contribution in [3.8, 4) is 11.4 Å². The first kappa shape index (κ1) is 17.2. The fourth-order valence-electron chi connectivity index (χ4n) is 2.41. The molecular weight excluding hydrogens is 336 g/mol. The number of benzene rings is 2. The summed E-state index contributed by atoms with van der Waals surface area (Å²) in [5, 5.41) is 19.6. The monoisotopic (exact) mass is 352 g/mol. The largest absolute Gasteiger partial charge is 0.497 e. The van der Waals surface area contributed by atoms with Gasteiger partial charge in [0.25, 0.3) is 5.91 Å². The average Bonchev–Trinajstić information content (AvgIpc) is 3.03. The van der Waals surface area contributed by atoms with E-state index < -0.39 is 11.9 Å². The molecule has 1 amide bonds. The van der Waals surface area contributed by atoms with Crippen molar-refractivity contribution in [2.24, 2.45) is 0 Å². The zero-order valence-electron chi connectivity index (χ0n) is 14.1. The molecule has 8 heteroatoms. The number of carbonyl (C=O) groups is 2. The van der Waals surface area contributed by atoms with E-state index in [-0.39, 0.29) is 11.3 Å². The molecule has 0 bridgehead atoms. The van der Waals surface area contributed by atoms with Gasteiger partial charge in [0.15, 0.2) is 5.69 Å². The number of nitrogens with one attached hydrogen (secondary N) is 1. The lowest BCUT2D eigenvalue weighted by Gasteiger charge is -2.07. The number of carboxylic acid groups (broad SMARTS) is 1. The molecule has 3 aromatic rings. The summed E-state index contributed by atoms with van der Waals surface area (Å²) >= 11 is 0. The SMILES string of the molecule is COc1cccc(-n2nnc(C(=O)Nc3ccc(C(=O)O)cc3)c2C)c1. The van der Waals surface area contributed by atoms with Gasteiger partial charge in [-0.1, -0.05) is 11.3 Å². The lowest BCUT2D eigenvalue weighted by atomic mass is 10.2. The number of nitrogens with zero attached hydrogens (tertiary/aromatic N) is 3. The second kappa shape index (κ2) is 7.06. The zero-order valence-corrected chi connectivity index (χ0v) is 14.1. The van der Waals surface area contributed by atoms with Crippen LogP contribution in [0.1, 0.15) is 26.5 Å². The second-order valence-corrected chi connectivity index (χ2v) is 5.47. The molecule has 2 aromatic carbocycles. The van der Waals surface area contributed by atoms with Crippen molar-refractivity contribution < 1.29 is 19.4 Å². The van der Waals surface area contributed by atoms with Gasteiger partial charge in [-0.2, -0.15) is 0 Å². The van der Waals surface area contributed by atoms with Crippen LogP contribution < -0.4 is 10.1 Å². The fraction of sp³-hybridized carbons (Fsp3) is 0.111. The number of carboxylic acids is 1. The van der Waals surface area contributed by atoms with Gasteiger partial charge in [0.05, 0.1) is 24.1 Å². The molecule has 0 radical (unpaired) electrons. The third-order valence-corrected chi connectivity index (χ3v) is 3.80. The van der Waals surface area contributed by atoms with Gasteiger partial charge in [-0.25, -0.2) is 9.48 Å². The van der Waals surface area contributed by atoms with E-state index in [9.17, 15) is 9.59 Å². The maximum atomic E-state index is 12.5. The first-order chi connectivity index (χ1) is 12.5. The number of carbonyl (C=O) groups excluding carboxylic acids is 1. The zero-order chi connectivity index (χ0) is 18.7. The molecule has 0 saturated carbocycles. The van der Waals surface area contributed by atoms with E-state index in [0.29, 0.717) is 17.1 Å². The molecule has 8 nitrogen and oxygen atoms in total. The predicted molar refractivity (Wildman–Crippen MR) is 94.0 cm³/mol. The number of amides is 1. The van der Waals surface area contributed by atoms with Gasteiger partial charge < -0.3 is 15.2 Å². The van der Waals surface area contributed by atoms with E-state index in [2.05, 4.69) is 15.6 Å². The van der Waals surface area contributed by atoms with Crippen molar-refractivity contribution >= 4 is 17.6 Å². The number of anilines is 1. The summed E-state index contributed by atoms with van der Waals surface area (Å²) in [6.45, 7) is 1.74. The molecule has 2 N–H and O–H groups in total. The molecule has 1 heterocycles. The summed E-state index contributed by atoms with van der Waals surface area (Å²) < 4.78 is 6.74. The van der Waals surface area contributed by atoms with Crippen LogP contribution in [0.4, 0.5) is 5.69 Å². The Kier molecular flexibility index (Phi) is 4.66. The summed E-state index contributed by atoms with van der Waals surface area (Å²) in [4.78, 5) is 23.3. The molecule has 0 unspecified atom stereocenters. The van der Waals surface area contributed by atoms with Crippen LogP contribution in [-0.4, -0.2) is 39.1 Å². The van der Waals surface area contributed by atoms with Crippen LogP contribution in [0.15, 0.2) is 48.5 Å². The lowest BCUT2D eigenvalue weighted by molar-refractivity contribution is 0.0696. The molecule has 0 saturated heterocycles. The summed E-state index contributed by atoms with van der Waals surface area (Å²) in [6, 6.07) is 13.1. The molecular formula is C18H16N4O4. The third-order valence-electron chi connectivity index (χ3n) is 3.80. The first-order valence-corrected chi connectivity index (χ1v) is 7.71. The normalized spacial score (nSPS) is 10.4. The van der Waals surface area contributed by atoms with Crippen LogP contribution in [0.3, 0.4) is 0 Å². The van der Waals surface area contributed by atoms with Gasteiger partial charge >= 0.3 is 5.97 Å². The Morgan fingerprint density at radius 3 is 2.54 bits per heavy atom. The highest BCUT2D eigenvalue weighted by molar-refractivity contribution is 6.03. The summed E-state index contributed by atoms with van der Waals surface area (Å²) in [5.41, 5.74) is 2.07. The maximum absolute atomic E-state index is 12.5. The summed E-state index contributed by atoms with van der Waals surface area (Å²) in [6.07, 6.45) is 0. The van der Waals surface area contributed by atoms with Gasteiger partial charge in [-0.3, -0.25) is 4.79 Å². The molecule has 3 rings (SSSR count). The average molecular weight is 352 g/mol. The number of ether oxygens (including phenoxy) is 1. The van der Waals surface area contributed by atoms with Gasteiger partial charge in [-0.15, -0.1) is 5.10 Å². The van der Waals surface area contributed by atoms with Crippen LogP contribution >= 0.6 is 0 Å². The maximum Gasteiger partial charge on any atom is 0.335 e. The number of rotatable bonds is 5. The fourth-order valence-corrected chi connectivity index (χ4v) is 2.41. The quantitative estimate of drug-likeness (QED) is 0.731. The minimum Gasteiger partial charge on any atom is -0.497 e. The predicted octanol–water partition coefficient (Wildman–Crippen LogP) is 2.53. The molecule has 26 heavy (non-hydrogen) atoms. The minimum atomic E-state index is -1.03. The Labute approximate surface area is 149 Å². The van der Waals surface area contributed by atoms with Gasteiger partial charge in [-0.05, 0) is 43.3 Å². The van der Waals surface area contributed by atoms with Gasteiger partial charge in [0, 0.05) is 11.8 Å². The van der Waals surface area contributed by atoms with Crippen LogP contribution in [0, 0.1) is 6.92 Å². The molecule has 0 aliphatic heterocycles. The lowest BCUT2D eigenvalue weighted by Crippen LogP contribution is -2.14. The van der Waals surface area contributed by atoms with E-state index in [1.54, 1.807) is 24.8 Å². The Hall–Kier alpha value is -3.68. The van der Waals surface area contributed by atoms with Crippen molar-refractivity contribution in [1.82, 2.24) is 15.0 Å². The highest BCUT2D eigenvalue weighted by Gasteiger charge is 2.18. The Bertz CT molecular complexity index is 964. The van der Waals surface area contributed by atoms with Crippen LogP contribution in [-0.2, 0) is 0 Å². The summed E-state index contributed by atoms with van der Waals surface area (Å²) in [7, 11) is 1.57. The van der Waals surface area contributed by atoms with Crippen LogP contribution in [0.25, 0.3) is 5.69 Å². The Morgan fingerprint density at radius 1 is 1.15 bits per heavy atom. The van der Waals surface area contributed by atoms with Crippen LogP contribution in [0.5, 0.6) is 5.75 Å². The Morgan fingerprint density at radius 2 is 1.88 bits per heavy atom. The molecule has 0 aliphatic rings. The second-order valence-electron chi connectivity index (χ2n) is 5.47. The molecule has 0 spiro atoms. The molecule has 1 aromatic heterocycles. The van der Waals surface area contributed by atoms with Crippen molar-refractivity contribution in [1.29, 1.82) is 0 Å². The van der Waals surface area contributed by atoms with Crippen molar-refractivity contribution in [2.75, 3.05) is 12.4 Å². The number of methoxy groups -OCH3 is 1. The number of hydrogen-bond donors (Lipinski definition) is 2. The minimum absolute atomic E-state index is 0.142. The number of aromatic nitrogens is 3.